The fourth-order valence-electron chi connectivity index (χ4n) is 8.06. The van der Waals surface area contributed by atoms with Crippen molar-refractivity contribution in [1.29, 1.82) is 0 Å². The largest absolute Gasteiger partial charge is 0.508 e. The minimum atomic E-state index is -0.234. The zero-order valence-electron chi connectivity index (χ0n) is 32.4. The smallest absolute Gasteiger partial charge is 0.253 e. The van der Waals surface area contributed by atoms with Crippen molar-refractivity contribution < 1.29 is 24.3 Å². The van der Waals surface area contributed by atoms with Gasteiger partial charge in [-0.15, -0.1) is 11.8 Å². The number of nitrogens with zero attached hydrogens (tertiary/aromatic N) is 2. The molecule has 3 aliphatic rings. The molecule has 1 saturated heterocycles. The lowest BCUT2D eigenvalue weighted by molar-refractivity contribution is -0.138. The Morgan fingerprint density at radius 3 is 2.29 bits per heavy atom. The van der Waals surface area contributed by atoms with E-state index in [0.29, 0.717) is 49.9 Å². The number of aromatic hydroxyl groups is 1. The van der Waals surface area contributed by atoms with Gasteiger partial charge >= 0.3 is 0 Å². The third kappa shape index (κ3) is 11.2. The molecule has 3 amide bonds. The van der Waals surface area contributed by atoms with E-state index in [-0.39, 0.29) is 39.7 Å². The van der Waals surface area contributed by atoms with Gasteiger partial charge in [0.25, 0.3) is 11.8 Å². The Hall–Kier alpha value is -3.11. The third-order valence-corrected chi connectivity index (χ3v) is 12.0. The number of rotatable bonds is 16. The highest BCUT2D eigenvalue weighted by Crippen LogP contribution is 2.42. The SMILES string of the molecule is CC(C)(C)Cc1c(SC(C)(C)C)[nH]c2c(CN3CCC(CCC(=O)CCCCCNC(=O)C4CCC(CN5C(=O)C=CC5=O)CC4)C3)c(O)ccc12. The summed E-state index contributed by atoms with van der Waals surface area (Å²) in [5.41, 5.74) is 3.50. The van der Waals surface area contributed by atoms with Gasteiger partial charge in [0.05, 0.1) is 10.5 Å². The average molecular weight is 735 g/mol. The van der Waals surface area contributed by atoms with Crippen LogP contribution in [-0.2, 0) is 32.1 Å². The van der Waals surface area contributed by atoms with Gasteiger partial charge in [0.2, 0.25) is 5.91 Å². The molecule has 0 radical (unpaired) electrons. The lowest BCUT2D eigenvalue weighted by atomic mass is 9.81. The predicted octanol–water partition coefficient (Wildman–Crippen LogP) is 7.93. The molecule has 2 fully saturated rings. The number of H-pyrrole nitrogens is 1. The van der Waals surface area contributed by atoms with Crippen LogP contribution in [0.25, 0.3) is 10.9 Å². The van der Waals surface area contributed by atoms with Gasteiger partial charge in [-0.1, -0.05) is 48.0 Å². The molecule has 0 spiro atoms. The van der Waals surface area contributed by atoms with Crippen molar-refractivity contribution in [3.63, 3.8) is 0 Å². The maximum absolute atomic E-state index is 12.7. The van der Waals surface area contributed by atoms with E-state index in [2.05, 4.69) is 62.8 Å². The van der Waals surface area contributed by atoms with Gasteiger partial charge < -0.3 is 15.4 Å². The Balaban J connectivity index is 0.980. The quantitative estimate of drug-likeness (QED) is 0.0910. The first-order chi connectivity index (χ1) is 24.6. The number of hydrogen-bond acceptors (Lipinski definition) is 7. The number of nitrogens with one attached hydrogen (secondary N) is 2. The number of unbranched alkanes of at least 4 members (excludes halogenated alkanes) is 2. The van der Waals surface area contributed by atoms with Gasteiger partial charge in [0.15, 0.2) is 0 Å². The number of hydrogen-bond donors (Lipinski definition) is 3. The van der Waals surface area contributed by atoms with Gasteiger partial charge in [0, 0.05) is 72.8 Å². The summed E-state index contributed by atoms with van der Waals surface area (Å²) in [5.74, 6) is 1.06. The molecule has 1 aromatic carbocycles. The van der Waals surface area contributed by atoms with Crippen molar-refractivity contribution in [3.05, 3.63) is 35.4 Å². The molecule has 1 atom stereocenters. The molecule has 1 aliphatic carbocycles. The number of likely N-dealkylation sites (tertiary alicyclic amines) is 1. The second-order valence-corrected chi connectivity index (χ2v) is 19.6. The fourth-order valence-corrected chi connectivity index (χ4v) is 9.13. The van der Waals surface area contributed by atoms with Crippen molar-refractivity contribution in [2.75, 3.05) is 26.2 Å². The lowest BCUT2D eigenvalue weighted by Crippen LogP contribution is -2.38. The van der Waals surface area contributed by atoms with Crippen LogP contribution in [0, 0.1) is 23.2 Å². The summed E-state index contributed by atoms with van der Waals surface area (Å²) in [4.78, 5) is 56.6. The van der Waals surface area contributed by atoms with E-state index in [1.165, 1.54) is 33.0 Å². The minimum absolute atomic E-state index is 0.00279. The number of benzene rings is 1. The molecule has 0 bridgehead atoms. The van der Waals surface area contributed by atoms with Gasteiger partial charge in [-0.05, 0) is 99.3 Å². The predicted molar refractivity (Wildman–Crippen MR) is 209 cm³/mol. The molecule has 1 unspecified atom stereocenters. The van der Waals surface area contributed by atoms with Crippen LogP contribution >= 0.6 is 11.8 Å². The number of carbonyl (C=O) groups excluding carboxylic acids is 4. The number of amides is 3. The molecule has 2 aromatic rings. The molecule has 1 saturated carbocycles. The van der Waals surface area contributed by atoms with Gasteiger partial charge in [-0.2, -0.15) is 0 Å². The van der Waals surface area contributed by atoms with Crippen molar-refractivity contribution >= 4 is 46.2 Å². The summed E-state index contributed by atoms with van der Waals surface area (Å²) in [6, 6.07) is 3.94. The van der Waals surface area contributed by atoms with Crippen LogP contribution in [0.1, 0.15) is 123 Å². The molecule has 3 N–H and O–H groups in total. The molecule has 52 heavy (non-hydrogen) atoms. The first-order valence-electron chi connectivity index (χ1n) is 19.7. The highest BCUT2D eigenvalue weighted by Gasteiger charge is 2.32. The number of aromatic amines is 1. The van der Waals surface area contributed by atoms with E-state index in [1.807, 2.05) is 17.8 Å². The molecule has 10 heteroatoms. The standard InChI is InChI=1S/C42H62N4O5S/c1-41(2,3)24-33-32-17-18-35(48)34(38(32)44-40(33)52-42(4,5)6)27-45-23-21-29(25-45)13-16-31(47)10-8-7-9-22-43-39(51)30-14-11-28(12-15-30)26-46-36(49)19-20-37(46)50/h17-20,28-30,44,48H,7-16,21-27H2,1-6H3,(H,43,51). The monoisotopic (exact) mass is 734 g/mol. The van der Waals surface area contributed by atoms with Crippen LogP contribution in [0.5, 0.6) is 5.75 Å². The van der Waals surface area contributed by atoms with Gasteiger partial charge in [-0.3, -0.25) is 29.0 Å². The van der Waals surface area contributed by atoms with E-state index in [9.17, 15) is 24.3 Å². The van der Waals surface area contributed by atoms with Crippen molar-refractivity contribution in [3.8, 4) is 5.75 Å². The number of fused-ring (bicyclic) bond motifs is 1. The Kier molecular flexibility index (Phi) is 13.4. The zero-order valence-corrected chi connectivity index (χ0v) is 33.3. The minimum Gasteiger partial charge on any atom is -0.508 e. The van der Waals surface area contributed by atoms with Crippen LogP contribution in [0.4, 0.5) is 0 Å². The highest BCUT2D eigenvalue weighted by molar-refractivity contribution is 8.00. The summed E-state index contributed by atoms with van der Waals surface area (Å²) in [5, 5.41) is 16.5. The number of carbonyl (C=O) groups is 4. The molecule has 2 aliphatic heterocycles. The van der Waals surface area contributed by atoms with Crippen LogP contribution in [0.15, 0.2) is 29.3 Å². The highest BCUT2D eigenvalue weighted by atomic mass is 32.2. The van der Waals surface area contributed by atoms with E-state index >= 15 is 0 Å². The normalized spacial score (nSPS) is 21.5. The molecule has 1 aromatic heterocycles. The van der Waals surface area contributed by atoms with Crippen molar-refractivity contribution in [1.82, 2.24) is 20.1 Å². The number of ketones is 1. The van der Waals surface area contributed by atoms with Crippen molar-refractivity contribution in [2.45, 2.75) is 135 Å². The summed E-state index contributed by atoms with van der Waals surface area (Å²) in [7, 11) is 0. The van der Waals surface area contributed by atoms with E-state index in [1.54, 1.807) is 0 Å². The zero-order chi connectivity index (χ0) is 37.6. The third-order valence-electron chi connectivity index (χ3n) is 10.8. The number of thioether (sulfide) groups is 1. The molecular weight excluding hydrogens is 673 g/mol. The second-order valence-electron chi connectivity index (χ2n) is 17.8. The Morgan fingerprint density at radius 2 is 1.62 bits per heavy atom. The van der Waals surface area contributed by atoms with E-state index in [4.69, 9.17) is 0 Å². The van der Waals surface area contributed by atoms with Crippen LogP contribution in [-0.4, -0.2) is 74.3 Å². The number of phenols is 1. The second kappa shape index (κ2) is 17.4. The maximum Gasteiger partial charge on any atom is 0.253 e. The van der Waals surface area contributed by atoms with Crippen LogP contribution < -0.4 is 5.32 Å². The number of imide groups is 1. The summed E-state index contributed by atoms with van der Waals surface area (Å²) < 4.78 is 0.0655. The van der Waals surface area contributed by atoms with Crippen molar-refractivity contribution in [2.24, 2.45) is 23.2 Å². The van der Waals surface area contributed by atoms with E-state index in [0.717, 1.165) is 88.4 Å². The van der Waals surface area contributed by atoms with E-state index < -0.39 is 0 Å². The summed E-state index contributed by atoms with van der Waals surface area (Å²) >= 11 is 1.86. The number of aromatic nitrogens is 1. The molecule has 3 heterocycles. The number of Topliss-reactive ketones (excluding diaryl/α,β-unsaturated/α-hetero) is 1. The molecule has 5 rings (SSSR count). The maximum atomic E-state index is 12.7. The van der Waals surface area contributed by atoms with Crippen LogP contribution in [0.2, 0.25) is 0 Å². The fraction of sp³-hybridized carbons (Fsp3) is 0.667. The topological polar surface area (TPSA) is 123 Å². The Labute approximate surface area is 315 Å². The Bertz CT molecular complexity index is 1610. The first-order valence-corrected chi connectivity index (χ1v) is 20.5. The first kappa shape index (κ1) is 40.1. The Morgan fingerprint density at radius 1 is 0.904 bits per heavy atom. The molecule has 9 nitrogen and oxygen atoms in total. The van der Waals surface area contributed by atoms with Gasteiger partial charge in [-0.25, -0.2) is 0 Å². The van der Waals surface area contributed by atoms with Gasteiger partial charge in [0.1, 0.15) is 11.5 Å². The molecular formula is C42H62N4O5S. The van der Waals surface area contributed by atoms with Crippen LogP contribution in [0.3, 0.4) is 0 Å². The lowest BCUT2D eigenvalue weighted by Gasteiger charge is -2.30. The summed E-state index contributed by atoms with van der Waals surface area (Å²) in [6.45, 7) is 17.2. The number of phenolic OH excluding ortho intramolecular Hbond substituents is 1. The average Bonchev–Trinajstić information content (AvgIpc) is 3.75. The molecule has 286 valence electrons. The summed E-state index contributed by atoms with van der Waals surface area (Å²) in [6.07, 6.45) is 12.7.